The summed E-state index contributed by atoms with van der Waals surface area (Å²) in [6.07, 6.45) is 0.866. The Morgan fingerprint density at radius 1 is 0.941 bits per heavy atom. The minimum Gasteiger partial charge on any atom is -0.298 e. The fourth-order valence-corrected chi connectivity index (χ4v) is 2.33. The normalized spacial score (nSPS) is 10.2. The van der Waals surface area contributed by atoms with Crippen molar-refractivity contribution in [1.29, 1.82) is 0 Å². The van der Waals surface area contributed by atoms with Crippen molar-refractivity contribution >= 4 is 18.0 Å². The number of aldehydes is 1. The van der Waals surface area contributed by atoms with Crippen LogP contribution in [0.4, 0.5) is 0 Å². The van der Waals surface area contributed by atoms with Gasteiger partial charge in [0.1, 0.15) is 6.29 Å². The van der Waals surface area contributed by atoms with E-state index < -0.39 is 0 Å². The van der Waals surface area contributed by atoms with Crippen LogP contribution in [0.5, 0.6) is 0 Å². The van der Waals surface area contributed by atoms with E-state index in [0.717, 1.165) is 17.6 Å². The fraction of sp³-hybridized carbons (Fsp3) is 0.133. The van der Waals surface area contributed by atoms with Crippen LogP contribution < -0.4 is 0 Å². The van der Waals surface area contributed by atoms with E-state index >= 15 is 0 Å². The number of benzene rings is 2. The topological polar surface area (TPSA) is 17.1 Å². The largest absolute Gasteiger partial charge is 0.298 e. The minimum absolute atomic E-state index is 0.715. The van der Waals surface area contributed by atoms with Crippen molar-refractivity contribution in [3.63, 3.8) is 0 Å². The summed E-state index contributed by atoms with van der Waals surface area (Å²) in [7, 11) is 0. The first-order valence-electron chi connectivity index (χ1n) is 5.62. The van der Waals surface area contributed by atoms with E-state index in [9.17, 15) is 4.79 Å². The molecule has 0 N–H and O–H groups in total. The molecule has 0 unspecified atom stereocenters. The Morgan fingerprint density at radius 3 is 1.94 bits per heavy atom. The van der Waals surface area contributed by atoms with E-state index in [4.69, 9.17) is 0 Å². The number of carbonyl (C=O) groups excluding carboxylic acids is 1. The second-order valence-corrected chi connectivity index (χ2v) is 5.03. The minimum atomic E-state index is 0.715. The lowest BCUT2D eigenvalue weighted by molar-refractivity contribution is 0.112. The van der Waals surface area contributed by atoms with Crippen LogP contribution in [0.25, 0.3) is 11.1 Å². The molecule has 2 aromatic rings. The highest BCUT2D eigenvalue weighted by Crippen LogP contribution is 2.24. The second kappa shape index (κ2) is 5.69. The van der Waals surface area contributed by atoms with Crippen LogP contribution in [-0.4, -0.2) is 12.0 Å². The SMILES string of the molecule is CCSc1ccc(-c2ccc(C=O)cc2)cc1. The van der Waals surface area contributed by atoms with Gasteiger partial charge in [-0.05, 0) is 29.0 Å². The number of hydrogen-bond donors (Lipinski definition) is 0. The summed E-state index contributed by atoms with van der Waals surface area (Å²) in [5, 5.41) is 0. The molecule has 2 aromatic carbocycles. The van der Waals surface area contributed by atoms with Crippen LogP contribution in [0, 0.1) is 0 Å². The lowest BCUT2D eigenvalue weighted by Gasteiger charge is -2.03. The molecule has 0 amide bonds. The summed E-state index contributed by atoms with van der Waals surface area (Å²) in [6.45, 7) is 2.15. The van der Waals surface area contributed by atoms with Crippen molar-refractivity contribution in [3.8, 4) is 11.1 Å². The lowest BCUT2D eigenvalue weighted by atomic mass is 10.0. The second-order valence-electron chi connectivity index (χ2n) is 3.70. The van der Waals surface area contributed by atoms with Gasteiger partial charge >= 0.3 is 0 Å². The van der Waals surface area contributed by atoms with E-state index in [1.807, 2.05) is 36.0 Å². The zero-order chi connectivity index (χ0) is 12.1. The van der Waals surface area contributed by atoms with Gasteiger partial charge < -0.3 is 0 Å². The quantitative estimate of drug-likeness (QED) is 0.588. The Labute approximate surface area is 106 Å². The van der Waals surface area contributed by atoms with Gasteiger partial charge in [0.15, 0.2) is 0 Å². The summed E-state index contributed by atoms with van der Waals surface area (Å²) < 4.78 is 0. The van der Waals surface area contributed by atoms with Gasteiger partial charge in [-0.3, -0.25) is 4.79 Å². The van der Waals surface area contributed by atoms with Crippen molar-refractivity contribution < 1.29 is 4.79 Å². The van der Waals surface area contributed by atoms with E-state index in [1.54, 1.807) is 0 Å². The molecule has 0 aromatic heterocycles. The number of thioether (sulfide) groups is 1. The molecule has 0 saturated carbocycles. The van der Waals surface area contributed by atoms with Gasteiger partial charge in [-0.15, -0.1) is 11.8 Å². The molecule has 0 aliphatic rings. The predicted molar refractivity (Wildman–Crippen MR) is 73.7 cm³/mol. The molecule has 2 rings (SSSR count). The monoisotopic (exact) mass is 242 g/mol. The first-order valence-corrected chi connectivity index (χ1v) is 6.60. The smallest absolute Gasteiger partial charge is 0.150 e. The molecule has 2 heteroatoms. The third kappa shape index (κ3) is 2.98. The third-order valence-corrected chi connectivity index (χ3v) is 3.44. The molecule has 0 heterocycles. The van der Waals surface area contributed by atoms with Gasteiger partial charge in [0, 0.05) is 10.5 Å². The van der Waals surface area contributed by atoms with Crippen molar-refractivity contribution in [2.24, 2.45) is 0 Å². The molecule has 17 heavy (non-hydrogen) atoms. The van der Waals surface area contributed by atoms with Crippen LogP contribution in [0.2, 0.25) is 0 Å². The molecule has 0 radical (unpaired) electrons. The van der Waals surface area contributed by atoms with Gasteiger partial charge in [-0.25, -0.2) is 0 Å². The maximum absolute atomic E-state index is 10.6. The van der Waals surface area contributed by atoms with Crippen LogP contribution in [-0.2, 0) is 0 Å². The molecular formula is C15H14OS. The standard InChI is InChI=1S/C15H14OS/c1-2-17-15-9-7-14(8-10-15)13-5-3-12(11-16)4-6-13/h3-11H,2H2,1H3. The van der Waals surface area contributed by atoms with Crippen LogP contribution in [0.15, 0.2) is 53.4 Å². The molecular weight excluding hydrogens is 228 g/mol. The van der Waals surface area contributed by atoms with Gasteiger partial charge in [0.2, 0.25) is 0 Å². The Hall–Kier alpha value is -1.54. The van der Waals surface area contributed by atoms with Crippen molar-refractivity contribution in [2.75, 3.05) is 5.75 Å². The van der Waals surface area contributed by atoms with E-state index in [1.165, 1.54) is 10.5 Å². The van der Waals surface area contributed by atoms with E-state index in [-0.39, 0.29) is 0 Å². The van der Waals surface area contributed by atoms with Crippen molar-refractivity contribution in [3.05, 3.63) is 54.1 Å². The summed E-state index contributed by atoms with van der Waals surface area (Å²) in [6, 6.07) is 16.2. The summed E-state index contributed by atoms with van der Waals surface area (Å²) in [5.74, 6) is 1.09. The summed E-state index contributed by atoms with van der Waals surface area (Å²) >= 11 is 1.84. The molecule has 0 saturated heterocycles. The molecule has 0 fully saturated rings. The molecule has 0 bridgehead atoms. The zero-order valence-corrected chi connectivity index (χ0v) is 10.5. The average molecular weight is 242 g/mol. The molecule has 86 valence electrons. The third-order valence-electron chi connectivity index (χ3n) is 2.55. The predicted octanol–water partition coefficient (Wildman–Crippen LogP) is 4.28. The van der Waals surface area contributed by atoms with Crippen molar-refractivity contribution in [2.45, 2.75) is 11.8 Å². The van der Waals surface area contributed by atoms with E-state index in [2.05, 4.69) is 31.2 Å². The highest BCUT2D eigenvalue weighted by Gasteiger charge is 1.98. The highest BCUT2D eigenvalue weighted by atomic mass is 32.2. The van der Waals surface area contributed by atoms with Crippen molar-refractivity contribution in [1.82, 2.24) is 0 Å². The summed E-state index contributed by atoms with van der Waals surface area (Å²) in [4.78, 5) is 11.9. The average Bonchev–Trinajstić information content (AvgIpc) is 2.40. The molecule has 1 nitrogen and oxygen atoms in total. The van der Waals surface area contributed by atoms with Gasteiger partial charge in [-0.2, -0.15) is 0 Å². The maximum Gasteiger partial charge on any atom is 0.150 e. The van der Waals surface area contributed by atoms with E-state index in [0.29, 0.717) is 5.56 Å². The number of hydrogen-bond acceptors (Lipinski definition) is 2. The van der Waals surface area contributed by atoms with Crippen LogP contribution >= 0.6 is 11.8 Å². The Balaban J connectivity index is 2.23. The van der Waals surface area contributed by atoms with Gasteiger partial charge in [-0.1, -0.05) is 43.3 Å². The highest BCUT2D eigenvalue weighted by molar-refractivity contribution is 7.99. The Morgan fingerprint density at radius 2 is 1.47 bits per heavy atom. The first kappa shape index (κ1) is 11.9. The molecule has 0 spiro atoms. The van der Waals surface area contributed by atoms with Gasteiger partial charge in [0.25, 0.3) is 0 Å². The maximum atomic E-state index is 10.6. The first-order chi connectivity index (χ1) is 8.33. The van der Waals surface area contributed by atoms with Gasteiger partial charge in [0.05, 0.1) is 0 Å². The summed E-state index contributed by atoms with van der Waals surface area (Å²) in [5.41, 5.74) is 3.04. The van der Waals surface area contributed by atoms with Crippen LogP contribution in [0.1, 0.15) is 17.3 Å². The Kier molecular flexibility index (Phi) is 3.99. The fourth-order valence-electron chi connectivity index (χ4n) is 1.66. The lowest BCUT2D eigenvalue weighted by Crippen LogP contribution is -1.81. The number of rotatable bonds is 4. The molecule has 0 atom stereocenters. The molecule has 0 aliphatic carbocycles. The van der Waals surface area contributed by atoms with Crippen LogP contribution in [0.3, 0.4) is 0 Å². The molecule has 0 aliphatic heterocycles. The number of carbonyl (C=O) groups is 1. The Bertz CT molecular complexity index is 485. The zero-order valence-electron chi connectivity index (χ0n) is 9.72.